The minimum atomic E-state index is -3.61. The summed E-state index contributed by atoms with van der Waals surface area (Å²) in [4.78, 5) is 0.127. The Balaban J connectivity index is 2.18. The van der Waals surface area contributed by atoms with Crippen molar-refractivity contribution in [3.05, 3.63) is 23.8 Å². The smallest absolute Gasteiger partial charge is 0.244 e. The third-order valence-corrected chi connectivity index (χ3v) is 4.78. The summed E-state index contributed by atoms with van der Waals surface area (Å²) < 4.78 is 37.7. The molecule has 1 aliphatic rings. The van der Waals surface area contributed by atoms with Crippen LogP contribution in [0.5, 0.6) is 5.75 Å². The van der Waals surface area contributed by atoms with Crippen molar-refractivity contribution in [1.29, 1.82) is 0 Å². The van der Waals surface area contributed by atoms with Crippen molar-refractivity contribution >= 4 is 10.0 Å². The first-order valence-corrected chi connectivity index (χ1v) is 7.99. The maximum Gasteiger partial charge on any atom is 0.244 e. The van der Waals surface area contributed by atoms with Gasteiger partial charge in [-0.25, -0.2) is 13.1 Å². The highest BCUT2D eigenvalue weighted by Crippen LogP contribution is 2.25. The van der Waals surface area contributed by atoms with E-state index in [-0.39, 0.29) is 17.4 Å². The van der Waals surface area contributed by atoms with Gasteiger partial charge in [0.25, 0.3) is 0 Å². The molecule has 0 saturated carbocycles. The van der Waals surface area contributed by atoms with Crippen molar-refractivity contribution in [2.45, 2.75) is 17.9 Å². The molecule has 0 bridgehead atoms. The average molecular weight is 300 g/mol. The number of hydrogen-bond donors (Lipinski definition) is 2. The van der Waals surface area contributed by atoms with Crippen molar-refractivity contribution in [3.63, 3.8) is 0 Å². The lowest BCUT2D eigenvalue weighted by atomic mass is 10.1. The summed E-state index contributed by atoms with van der Waals surface area (Å²) in [5, 5.41) is 0. The zero-order chi connectivity index (χ0) is 14.6. The molecule has 1 fully saturated rings. The Morgan fingerprint density at radius 1 is 1.50 bits per heavy atom. The Morgan fingerprint density at radius 3 is 2.90 bits per heavy atom. The van der Waals surface area contributed by atoms with Crippen molar-refractivity contribution in [2.75, 3.05) is 26.9 Å². The number of benzene rings is 1. The molecule has 1 heterocycles. The van der Waals surface area contributed by atoms with Crippen LogP contribution in [0.1, 0.15) is 12.0 Å². The van der Waals surface area contributed by atoms with Gasteiger partial charge in [0.1, 0.15) is 10.6 Å². The van der Waals surface area contributed by atoms with Gasteiger partial charge in [-0.2, -0.15) is 0 Å². The summed E-state index contributed by atoms with van der Waals surface area (Å²) in [6, 6.07) is 4.92. The second kappa shape index (κ2) is 6.53. The summed E-state index contributed by atoms with van der Waals surface area (Å²) in [5.74, 6) is 0.547. The van der Waals surface area contributed by atoms with Gasteiger partial charge in [0.15, 0.2) is 0 Å². The maximum absolute atomic E-state index is 12.4. The number of nitrogens with two attached hydrogens (primary N) is 1. The first-order valence-electron chi connectivity index (χ1n) is 6.51. The standard InChI is InChI=1S/C13H20N2O4S/c1-18-12-3-2-10(7-14)6-13(12)20(16,17)15-8-11-4-5-19-9-11/h2-3,6,11,15H,4-5,7-9,14H2,1H3. The van der Waals surface area contributed by atoms with E-state index in [4.69, 9.17) is 15.2 Å². The topological polar surface area (TPSA) is 90.7 Å². The second-order valence-corrected chi connectivity index (χ2v) is 6.51. The molecular formula is C13H20N2O4S. The number of sulfonamides is 1. The molecule has 0 amide bonds. The number of nitrogens with one attached hydrogen (secondary N) is 1. The van der Waals surface area contributed by atoms with Crippen molar-refractivity contribution < 1.29 is 17.9 Å². The Bertz CT molecular complexity index is 553. The first kappa shape index (κ1) is 15.2. The molecular weight excluding hydrogens is 280 g/mol. The van der Waals surface area contributed by atoms with Crippen LogP contribution in [0.4, 0.5) is 0 Å². The van der Waals surface area contributed by atoms with E-state index in [1.165, 1.54) is 7.11 Å². The van der Waals surface area contributed by atoms with Crippen LogP contribution < -0.4 is 15.2 Å². The molecule has 0 spiro atoms. The zero-order valence-corrected chi connectivity index (χ0v) is 12.3. The van der Waals surface area contributed by atoms with Crippen LogP contribution in [-0.4, -0.2) is 35.3 Å². The lowest BCUT2D eigenvalue weighted by Gasteiger charge is -2.13. The fraction of sp³-hybridized carbons (Fsp3) is 0.538. The Hall–Kier alpha value is -1.15. The molecule has 0 aliphatic carbocycles. The Labute approximate surface area is 119 Å². The summed E-state index contributed by atoms with van der Waals surface area (Å²) in [6.45, 7) is 1.95. The van der Waals surface area contributed by atoms with Crippen LogP contribution in [0, 0.1) is 5.92 Å². The fourth-order valence-electron chi connectivity index (χ4n) is 2.11. The van der Waals surface area contributed by atoms with E-state index in [9.17, 15) is 8.42 Å². The van der Waals surface area contributed by atoms with E-state index >= 15 is 0 Å². The molecule has 0 radical (unpaired) electrons. The molecule has 1 aromatic carbocycles. The largest absolute Gasteiger partial charge is 0.495 e. The highest BCUT2D eigenvalue weighted by atomic mass is 32.2. The molecule has 6 nitrogen and oxygen atoms in total. The summed E-state index contributed by atoms with van der Waals surface area (Å²) >= 11 is 0. The van der Waals surface area contributed by atoms with Crippen LogP contribution in [0.3, 0.4) is 0 Å². The third-order valence-electron chi connectivity index (χ3n) is 3.34. The minimum absolute atomic E-state index is 0.127. The molecule has 1 atom stereocenters. The van der Waals surface area contributed by atoms with Gasteiger partial charge in [-0.1, -0.05) is 6.07 Å². The van der Waals surface area contributed by atoms with Crippen molar-refractivity contribution in [3.8, 4) is 5.75 Å². The number of rotatable bonds is 6. The monoisotopic (exact) mass is 300 g/mol. The highest BCUT2D eigenvalue weighted by molar-refractivity contribution is 7.89. The number of methoxy groups -OCH3 is 1. The summed E-state index contributed by atoms with van der Waals surface area (Å²) in [6.07, 6.45) is 0.877. The van der Waals surface area contributed by atoms with Crippen LogP contribution in [0.25, 0.3) is 0 Å². The summed E-state index contributed by atoms with van der Waals surface area (Å²) in [5.41, 5.74) is 6.30. The minimum Gasteiger partial charge on any atom is -0.495 e. The molecule has 1 aromatic rings. The molecule has 112 valence electrons. The fourth-order valence-corrected chi connectivity index (χ4v) is 3.44. The van der Waals surface area contributed by atoms with E-state index in [2.05, 4.69) is 4.72 Å². The quantitative estimate of drug-likeness (QED) is 0.797. The molecule has 1 aliphatic heterocycles. The van der Waals surface area contributed by atoms with Crippen LogP contribution in [0.15, 0.2) is 23.1 Å². The average Bonchev–Trinajstić information content (AvgIpc) is 2.98. The van der Waals surface area contributed by atoms with Gasteiger partial charge in [-0.15, -0.1) is 0 Å². The predicted molar refractivity (Wildman–Crippen MR) is 75.0 cm³/mol. The lowest BCUT2D eigenvalue weighted by Crippen LogP contribution is -2.30. The van der Waals surface area contributed by atoms with Crippen LogP contribution in [0.2, 0.25) is 0 Å². The van der Waals surface area contributed by atoms with E-state index in [0.29, 0.717) is 25.5 Å². The van der Waals surface area contributed by atoms with Gasteiger partial charge in [0.2, 0.25) is 10.0 Å². The lowest BCUT2D eigenvalue weighted by molar-refractivity contribution is 0.186. The van der Waals surface area contributed by atoms with Crippen molar-refractivity contribution in [1.82, 2.24) is 4.72 Å². The number of ether oxygens (including phenoxy) is 2. The van der Waals surface area contributed by atoms with E-state index in [0.717, 1.165) is 12.0 Å². The maximum atomic E-state index is 12.4. The van der Waals surface area contributed by atoms with E-state index in [1.54, 1.807) is 18.2 Å². The van der Waals surface area contributed by atoms with Gasteiger partial charge >= 0.3 is 0 Å². The van der Waals surface area contributed by atoms with Gasteiger partial charge in [0, 0.05) is 19.7 Å². The second-order valence-electron chi connectivity index (χ2n) is 4.77. The molecule has 20 heavy (non-hydrogen) atoms. The molecule has 3 N–H and O–H groups in total. The summed E-state index contributed by atoms with van der Waals surface area (Å²) in [7, 11) is -2.16. The van der Waals surface area contributed by atoms with Gasteiger partial charge in [0.05, 0.1) is 13.7 Å². The van der Waals surface area contributed by atoms with E-state index in [1.807, 2.05) is 0 Å². The molecule has 7 heteroatoms. The van der Waals surface area contributed by atoms with Crippen LogP contribution in [-0.2, 0) is 21.3 Å². The SMILES string of the molecule is COc1ccc(CN)cc1S(=O)(=O)NCC1CCOC1. The Morgan fingerprint density at radius 2 is 2.30 bits per heavy atom. The Kier molecular flexibility index (Phi) is 4.98. The third kappa shape index (κ3) is 3.49. The molecule has 1 saturated heterocycles. The normalized spacial score (nSPS) is 19.2. The molecule has 1 unspecified atom stereocenters. The van der Waals surface area contributed by atoms with Gasteiger partial charge in [-0.05, 0) is 30.0 Å². The predicted octanol–water partition coefficient (Wildman–Crippen LogP) is 0.469. The van der Waals surface area contributed by atoms with Gasteiger partial charge in [-0.3, -0.25) is 0 Å². The van der Waals surface area contributed by atoms with Crippen LogP contribution >= 0.6 is 0 Å². The molecule has 0 aromatic heterocycles. The van der Waals surface area contributed by atoms with E-state index < -0.39 is 10.0 Å². The number of hydrogen-bond acceptors (Lipinski definition) is 5. The van der Waals surface area contributed by atoms with Crippen molar-refractivity contribution in [2.24, 2.45) is 11.7 Å². The molecule has 2 rings (SSSR count). The highest BCUT2D eigenvalue weighted by Gasteiger charge is 2.23. The first-order chi connectivity index (χ1) is 9.56. The zero-order valence-electron chi connectivity index (χ0n) is 11.5. The van der Waals surface area contributed by atoms with Gasteiger partial charge < -0.3 is 15.2 Å².